The predicted molar refractivity (Wildman–Crippen MR) is 147 cm³/mol. The van der Waals surface area contributed by atoms with E-state index in [2.05, 4.69) is 15.6 Å². The molecule has 0 spiro atoms. The van der Waals surface area contributed by atoms with Crippen LogP contribution in [-0.2, 0) is 21.1 Å². The second-order valence-electron chi connectivity index (χ2n) is 9.14. The third-order valence-corrected chi connectivity index (χ3v) is 8.30. The first-order valence-electron chi connectivity index (χ1n) is 12.5. The molecular formula is C27H30N4O6S2. The number of rotatable bonds is 8. The van der Waals surface area contributed by atoms with Gasteiger partial charge in [0.25, 0.3) is 11.8 Å². The number of nitrogens with one attached hydrogen (secondary N) is 2. The van der Waals surface area contributed by atoms with Gasteiger partial charge in [0.15, 0.2) is 9.84 Å². The predicted octanol–water partition coefficient (Wildman–Crippen LogP) is 3.49. The molecule has 39 heavy (non-hydrogen) atoms. The van der Waals surface area contributed by atoms with Gasteiger partial charge in [-0.05, 0) is 66.6 Å². The summed E-state index contributed by atoms with van der Waals surface area (Å²) in [6, 6.07) is 13.2. The van der Waals surface area contributed by atoms with E-state index in [1.54, 1.807) is 36.1 Å². The van der Waals surface area contributed by atoms with Crippen molar-refractivity contribution in [2.75, 3.05) is 26.0 Å². The lowest BCUT2D eigenvalue weighted by Crippen LogP contribution is -2.46. The normalized spacial score (nSPS) is 14.1. The molecule has 3 amide bonds. The first kappa shape index (κ1) is 28.2. The van der Waals surface area contributed by atoms with E-state index in [0.717, 1.165) is 16.7 Å². The van der Waals surface area contributed by atoms with Crippen LogP contribution in [0.1, 0.15) is 46.3 Å². The van der Waals surface area contributed by atoms with Crippen molar-refractivity contribution in [3.63, 3.8) is 0 Å². The van der Waals surface area contributed by atoms with E-state index in [1.165, 1.54) is 23.5 Å². The van der Waals surface area contributed by atoms with Gasteiger partial charge in [0.05, 0.1) is 11.5 Å². The second-order valence-corrected chi connectivity index (χ2v) is 12.1. The Hall–Kier alpha value is -3.77. The molecule has 10 nitrogen and oxygen atoms in total. The first-order valence-corrected chi connectivity index (χ1v) is 15.3. The molecule has 0 radical (unpaired) electrons. The summed E-state index contributed by atoms with van der Waals surface area (Å²) in [6.07, 6.45) is 1.95. The molecule has 0 unspecified atom stereocenters. The average molecular weight is 571 g/mol. The zero-order chi connectivity index (χ0) is 28.0. The molecule has 4 rings (SSSR count). The fraction of sp³-hybridized carbons (Fsp3) is 0.333. The lowest BCUT2D eigenvalue weighted by atomic mass is 10.0. The first-order chi connectivity index (χ1) is 18.6. The SMILES string of the molecule is CCOC(=O)N1CCC(NC(=O)c2cc(-c3cccs3)cc(C(=O)NCc3ccc(S(C)(=O)=O)cc3)n2)CC1. The molecule has 0 atom stereocenters. The molecule has 2 aromatic heterocycles. The zero-order valence-electron chi connectivity index (χ0n) is 21.7. The van der Waals surface area contributed by atoms with Crippen LogP contribution in [0.4, 0.5) is 4.79 Å². The number of hydrogen-bond acceptors (Lipinski definition) is 8. The van der Waals surface area contributed by atoms with Gasteiger partial charge in [-0.1, -0.05) is 18.2 Å². The molecule has 206 valence electrons. The van der Waals surface area contributed by atoms with Crippen molar-refractivity contribution in [3.05, 3.63) is 70.9 Å². The third-order valence-electron chi connectivity index (χ3n) is 6.26. The quantitative estimate of drug-likeness (QED) is 0.423. The van der Waals surface area contributed by atoms with Crippen LogP contribution in [0, 0.1) is 0 Å². The van der Waals surface area contributed by atoms with Gasteiger partial charge < -0.3 is 20.3 Å². The van der Waals surface area contributed by atoms with Gasteiger partial charge in [-0.25, -0.2) is 18.2 Å². The van der Waals surface area contributed by atoms with Crippen LogP contribution in [0.25, 0.3) is 10.4 Å². The van der Waals surface area contributed by atoms with Crippen molar-refractivity contribution in [2.45, 2.75) is 37.2 Å². The number of pyridine rings is 1. The highest BCUT2D eigenvalue weighted by Gasteiger charge is 2.26. The molecular weight excluding hydrogens is 540 g/mol. The van der Waals surface area contributed by atoms with E-state index in [4.69, 9.17) is 4.74 Å². The molecule has 1 saturated heterocycles. The lowest BCUT2D eigenvalue weighted by Gasteiger charge is -2.31. The van der Waals surface area contributed by atoms with Crippen LogP contribution in [-0.4, -0.2) is 68.2 Å². The number of benzene rings is 1. The number of likely N-dealkylation sites (tertiary alicyclic amines) is 1. The Morgan fingerprint density at radius 2 is 1.72 bits per heavy atom. The number of aromatic nitrogens is 1. The summed E-state index contributed by atoms with van der Waals surface area (Å²) in [5.41, 5.74) is 1.63. The Labute approximate surface area is 231 Å². The maximum Gasteiger partial charge on any atom is 0.409 e. The topological polar surface area (TPSA) is 135 Å². The van der Waals surface area contributed by atoms with Gasteiger partial charge in [0.2, 0.25) is 0 Å². The minimum atomic E-state index is -3.31. The van der Waals surface area contributed by atoms with Gasteiger partial charge >= 0.3 is 6.09 Å². The number of sulfone groups is 1. The highest BCUT2D eigenvalue weighted by atomic mass is 32.2. The maximum atomic E-state index is 13.2. The number of carbonyl (C=O) groups excluding carboxylic acids is 3. The van der Waals surface area contributed by atoms with Crippen LogP contribution in [0.3, 0.4) is 0 Å². The van der Waals surface area contributed by atoms with Crippen LogP contribution >= 0.6 is 11.3 Å². The molecule has 0 bridgehead atoms. The van der Waals surface area contributed by atoms with Crippen molar-refractivity contribution in [3.8, 4) is 10.4 Å². The summed E-state index contributed by atoms with van der Waals surface area (Å²) in [7, 11) is -3.31. The lowest BCUT2D eigenvalue weighted by molar-refractivity contribution is 0.0856. The minimum absolute atomic E-state index is 0.0935. The van der Waals surface area contributed by atoms with Gasteiger partial charge in [-0.15, -0.1) is 11.3 Å². The van der Waals surface area contributed by atoms with E-state index in [9.17, 15) is 22.8 Å². The minimum Gasteiger partial charge on any atom is -0.450 e. The molecule has 3 heterocycles. The van der Waals surface area contributed by atoms with Gasteiger partial charge in [0.1, 0.15) is 11.4 Å². The van der Waals surface area contributed by atoms with Crippen LogP contribution in [0.5, 0.6) is 0 Å². The van der Waals surface area contributed by atoms with Crippen molar-refractivity contribution in [2.24, 2.45) is 0 Å². The highest BCUT2D eigenvalue weighted by Crippen LogP contribution is 2.26. The van der Waals surface area contributed by atoms with E-state index in [1.807, 2.05) is 17.5 Å². The Bertz CT molecular complexity index is 1430. The molecule has 2 N–H and O–H groups in total. The van der Waals surface area contributed by atoms with Crippen LogP contribution in [0.15, 0.2) is 58.8 Å². The molecule has 0 aliphatic carbocycles. The largest absolute Gasteiger partial charge is 0.450 e. The number of thiophene rings is 1. The number of hydrogen-bond donors (Lipinski definition) is 2. The number of carbonyl (C=O) groups is 3. The van der Waals surface area contributed by atoms with Crippen molar-refractivity contribution in [1.29, 1.82) is 0 Å². The molecule has 1 aliphatic rings. The van der Waals surface area contributed by atoms with Gasteiger partial charge in [-0.3, -0.25) is 9.59 Å². The smallest absolute Gasteiger partial charge is 0.409 e. The third kappa shape index (κ3) is 7.42. The Morgan fingerprint density at radius 3 is 2.31 bits per heavy atom. The van der Waals surface area contributed by atoms with Gasteiger partial charge in [-0.2, -0.15) is 0 Å². The molecule has 1 aliphatic heterocycles. The summed E-state index contributed by atoms with van der Waals surface area (Å²) in [5, 5.41) is 7.68. The summed E-state index contributed by atoms with van der Waals surface area (Å²) in [5.74, 6) is -0.856. The van der Waals surface area contributed by atoms with Crippen molar-refractivity contribution < 1.29 is 27.5 Å². The number of piperidine rings is 1. The maximum absolute atomic E-state index is 13.2. The van der Waals surface area contributed by atoms with E-state index in [-0.39, 0.29) is 35.0 Å². The van der Waals surface area contributed by atoms with E-state index < -0.39 is 21.7 Å². The fourth-order valence-electron chi connectivity index (χ4n) is 4.16. The van der Waals surface area contributed by atoms with Crippen molar-refractivity contribution in [1.82, 2.24) is 20.5 Å². The number of amides is 3. The number of ether oxygens (including phenoxy) is 1. The summed E-state index contributed by atoms with van der Waals surface area (Å²) >= 11 is 1.48. The standard InChI is InChI=1S/C27H30N4O6S2/c1-3-37-27(34)31-12-10-20(11-13-31)29-26(33)23-16-19(24-5-4-14-38-24)15-22(30-23)25(32)28-17-18-6-8-21(9-7-18)39(2,35)36/h4-9,14-16,20H,3,10-13,17H2,1-2H3,(H,28,32)(H,29,33). The second kappa shape index (κ2) is 12.4. The van der Waals surface area contributed by atoms with Crippen LogP contribution in [0.2, 0.25) is 0 Å². The molecule has 12 heteroatoms. The van der Waals surface area contributed by atoms with Crippen LogP contribution < -0.4 is 10.6 Å². The summed E-state index contributed by atoms with van der Waals surface area (Å²) in [4.78, 5) is 45.2. The summed E-state index contributed by atoms with van der Waals surface area (Å²) < 4.78 is 28.4. The fourth-order valence-corrected chi connectivity index (χ4v) is 5.50. The average Bonchev–Trinajstić information content (AvgIpc) is 3.47. The Balaban J connectivity index is 1.46. The van der Waals surface area contributed by atoms with E-state index in [0.29, 0.717) is 38.1 Å². The van der Waals surface area contributed by atoms with Gasteiger partial charge in [0, 0.05) is 36.8 Å². The Morgan fingerprint density at radius 1 is 1.05 bits per heavy atom. The molecule has 3 aromatic rings. The zero-order valence-corrected chi connectivity index (χ0v) is 23.3. The Kier molecular flexibility index (Phi) is 8.97. The number of nitrogens with zero attached hydrogens (tertiary/aromatic N) is 2. The summed E-state index contributed by atoms with van der Waals surface area (Å²) in [6.45, 7) is 3.19. The van der Waals surface area contributed by atoms with E-state index >= 15 is 0 Å². The molecule has 1 aromatic carbocycles. The monoisotopic (exact) mass is 570 g/mol. The highest BCUT2D eigenvalue weighted by molar-refractivity contribution is 7.90. The van der Waals surface area contributed by atoms with Crippen molar-refractivity contribution >= 4 is 39.1 Å². The molecule has 1 fully saturated rings. The molecule has 0 saturated carbocycles.